The molecule has 0 atom stereocenters. The maximum atomic E-state index is 10.8. The maximum absolute atomic E-state index is 10.8. The molecular formula is C11H15NO4. The first kappa shape index (κ1) is 12.3. The van der Waals surface area contributed by atoms with Crippen molar-refractivity contribution >= 4 is 5.69 Å². The Labute approximate surface area is 94.1 Å². The first-order valence-corrected chi connectivity index (χ1v) is 5.06. The van der Waals surface area contributed by atoms with Crippen LogP contribution in [0.2, 0.25) is 0 Å². The zero-order valence-corrected chi connectivity index (χ0v) is 9.65. The number of methoxy groups -OCH3 is 1. The molecule has 0 saturated carbocycles. The SMILES string of the molecule is CCCOc1c([N+](=O)[O-])ccc(OC)c1C. The summed E-state index contributed by atoms with van der Waals surface area (Å²) in [5, 5.41) is 10.8. The van der Waals surface area contributed by atoms with Gasteiger partial charge in [-0.05, 0) is 19.4 Å². The van der Waals surface area contributed by atoms with Gasteiger partial charge in [-0.2, -0.15) is 0 Å². The molecule has 0 heterocycles. The highest BCUT2D eigenvalue weighted by atomic mass is 16.6. The normalized spacial score (nSPS) is 9.94. The van der Waals surface area contributed by atoms with E-state index in [4.69, 9.17) is 9.47 Å². The van der Waals surface area contributed by atoms with Gasteiger partial charge in [-0.25, -0.2) is 0 Å². The molecule has 0 N–H and O–H groups in total. The van der Waals surface area contributed by atoms with E-state index < -0.39 is 4.92 Å². The van der Waals surface area contributed by atoms with Crippen molar-refractivity contribution in [2.24, 2.45) is 0 Å². The smallest absolute Gasteiger partial charge is 0.311 e. The Morgan fingerprint density at radius 2 is 2.12 bits per heavy atom. The van der Waals surface area contributed by atoms with Crippen molar-refractivity contribution in [2.75, 3.05) is 13.7 Å². The molecule has 0 saturated heterocycles. The molecule has 0 unspecified atom stereocenters. The van der Waals surface area contributed by atoms with E-state index in [0.717, 1.165) is 6.42 Å². The quantitative estimate of drug-likeness (QED) is 0.571. The fourth-order valence-electron chi connectivity index (χ4n) is 1.41. The molecule has 0 bridgehead atoms. The molecule has 0 aliphatic heterocycles. The van der Waals surface area contributed by atoms with E-state index in [0.29, 0.717) is 23.7 Å². The van der Waals surface area contributed by atoms with Gasteiger partial charge in [0, 0.05) is 11.6 Å². The molecule has 0 amide bonds. The van der Waals surface area contributed by atoms with Crippen molar-refractivity contribution in [1.29, 1.82) is 0 Å². The van der Waals surface area contributed by atoms with Crippen LogP contribution in [0.3, 0.4) is 0 Å². The number of hydrogen-bond acceptors (Lipinski definition) is 4. The number of nitro benzene ring substituents is 1. The Morgan fingerprint density at radius 1 is 1.44 bits per heavy atom. The highest BCUT2D eigenvalue weighted by molar-refractivity contribution is 5.57. The van der Waals surface area contributed by atoms with Gasteiger partial charge in [0.2, 0.25) is 5.75 Å². The van der Waals surface area contributed by atoms with Gasteiger partial charge in [0.15, 0.2) is 0 Å². The van der Waals surface area contributed by atoms with Gasteiger partial charge in [-0.3, -0.25) is 10.1 Å². The largest absolute Gasteiger partial charge is 0.496 e. The van der Waals surface area contributed by atoms with Crippen molar-refractivity contribution in [3.05, 3.63) is 27.8 Å². The monoisotopic (exact) mass is 225 g/mol. The van der Waals surface area contributed by atoms with Gasteiger partial charge in [-0.15, -0.1) is 0 Å². The fraction of sp³-hybridized carbons (Fsp3) is 0.455. The van der Waals surface area contributed by atoms with E-state index >= 15 is 0 Å². The topological polar surface area (TPSA) is 61.6 Å². The van der Waals surface area contributed by atoms with E-state index in [9.17, 15) is 10.1 Å². The first-order valence-electron chi connectivity index (χ1n) is 5.06. The molecule has 1 aromatic carbocycles. The van der Waals surface area contributed by atoms with Crippen LogP contribution in [0, 0.1) is 17.0 Å². The molecule has 0 aromatic heterocycles. The highest BCUT2D eigenvalue weighted by Crippen LogP contribution is 2.36. The Morgan fingerprint density at radius 3 is 2.62 bits per heavy atom. The summed E-state index contributed by atoms with van der Waals surface area (Å²) in [4.78, 5) is 10.4. The molecule has 0 radical (unpaired) electrons. The van der Waals surface area contributed by atoms with Crippen LogP contribution in [0.4, 0.5) is 5.69 Å². The molecule has 1 aromatic rings. The van der Waals surface area contributed by atoms with E-state index in [-0.39, 0.29) is 5.69 Å². The van der Waals surface area contributed by atoms with Crippen LogP contribution in [0.25, 0.3) is 0 Å². The minimum Gasteiger partial charge on any atom is -0.496 e. The van der Waals surface area contributed by atoms with Gasteiger partial charge >= 0.3 is 5.69 Å². The van der Waals surface area contributed by atoms with Crippen LogP contribution >= 0.6 is 0 Å². The lowest BCUT2D eigenvalue weighted by Crippen LogP contribution is -2.02. The Kier molecular flexibility index (Phi) is 4.10. The third-order valence-electron chi connectivity index (χ3n) is 2.20. The predicted octanol–water partition coefficient (Wildman–Crippen LogP) is 2.70. The number of nitrogens with zero attached hydrogens (tertiary/aromatic N) is 1. The third-order valence-corrected chi connectivity index (χ3v) is 2.20. The van der Waals surface area contributed by atoms with Crippen molar-refractivity contribution in [3.63, 3.8) is 0 Å². The Hall–Kier alpha value is -1.78. The molecule has 0 spiro atoms. The van der Waals surface area contributed by atoms with Crippen LogP contribution in [0.5, 0.6) is 11.5 Å². The number of nitro groups is 1. The lowest BCUT2D eigenvalue weighted by Gasteiger charge is -2.11. The van der Waals surface area contributed by atoms with Crippen LogP contribution in [0.1, 0.15) is 18.9 Å². The number of rotatable bonds is 5. The van der Waals surface area contributed by atoms with E-state index in [1.807, 2.05) is 6.92 Å². The third kappa shape index (κ3) is 2.42. The molecule has 1 rings (SSSR count). The molecule has 0 aliphatic carbocycles. The fourth-order valence-corrected chi connectivity index (χ4v) is 1.41. The lowest BCUT2D eigenvalue weighted by molar-refractivity contribution is -0.385. The number of hydrogen-bond donors (Lipinski definition) is 0. The van der Waals surface area contributed by atoms with E-state index in [1.165, 1.54) is 13.2 Å². The molecule has 16 heavy (non-hydrogen) atoms. The second-order valence-electron chi connectivity index (χ2n) is 3.35. The second kappa shape index (κ2) is 5.34. The lowest BCUT2D eigenvalue weighted by atomic mass is 10.1. The Balaban J connectivity index is 3.19. The minimum absolute atomic E-state index is 0.0215. The first-order chi connectivity index (χ1) is 7.61. The molecule has 0 aliphatic rings. The minimum atomic E-state index is -0.447. The zero-order chi connectivity index (χ0) is 12.1. The van der Waals surface area contributed by atoms with Crippen molar-refractivity contribution < 1.29 is 14.4 Å². The summed E-state index contributed by atoms with van der Waals surface area (Å²) in [7, 11) is 1.53. The molecule has 5 heteroatoms. The van der Waals surface area contributed by atoms with Crippen molar-refractivity contribution in [3.8, 4) is 11.5 Å². The molecule has 5 nitrogen and oxygen atoms in total. The van der Waals surface area contributed by atoms with Crippen LogP contribution < -0.4 is 9.47 Å². The summed E-state index contributed by atoms with van der Waals surface area (Å²) >= 11 is 0. The average Bonchev–Trinajstić information content (AvgIpc) is 2.26. The van der Waals surface area contributed by atoms with Crippen LogP contribution in [0.15, 0.2) is 12.1 Å². The zero-order valence-electron chi connectivity index (χ0n) is 9.65. The van der Waals surface area contributed by atoms with Crippen molar-refractivity contribution in [1.82, 2.24) is 0 Å². The maximum Gasteiger partial charge on any atom is 0.311 e. The van der Waals surface area contributed by atoms with Crippen molar-refractivity contribution in [2.45, 2.75) is 20.3 Å². The predicted molar refractivity (Wildman–Crippen MR) is 60.2 cm³/mol. The molecule has 0 fully saturated rings. The second-order valence-corrected chi connectivity index (χ2v) is 3.35. The van der Waals surface area contributed by atoms with Crippen LogP contribution in [-0.4, -0.2) is 18.6 Å². The highest BCUT2D eigenvalue weighted by Gasteiger charge is 2.20. The standard InChI is InChI=1S/C11H15NO4/c1-4-7-16-11-8(2)10(15-3)6-5-9(11)12(13)14/h5-6H,4,7H2,1-3H3. The van der Waals surface area contributed by atoms with Gasteiger partial charge in [0.1, 0.15) is 5.75 Å². The van der Waals surface area contributed by atoms with Gasteiger partial charge in [-0.1, -0.05) is 6.92 Å². The van der Waals surface area contributed by atoms with Gasteiger partial charge in [0.25, 0.3) is 0 Å². The summed E-state index contributed by atoms with van der Waals surface area (Å²) in [6, 6.07) is 2.98. The summed E-state index contributed by atoms with van der Waals surface area (Å²) in [6.07, 6.45) is 0.799. The van der Waals surface area contributed by atoms with Crippen LogP contribution in [-0.2, 0) is 0 Å². The summed E-state index contributed by atoms with van der Waals surface area (Å²) in [6.45, 7) is 4.15. The summed E-state index contributed by atoms with van der Waals surface area (Å²) in [5.41, 5.74) is 0.636. The molecule has 88 valence electrons. The number of benzene rings is 1. The average molecular weight is 225 g/mol. The summed E-state index contributed by atoms with van der Waals surface area (Å²) < 4.78 is 10.5. The molecular weight excluding hydrogens is 210 g/mol. The van der Waals surface area contributed by atoms with E-state index in [1.54, 1.807) is 13.0 Å². The Bertz CT molecular complexity index is 390. The van der Waals surface area contributed by atoms with E-state index in [2.05, 4.69) is 0 Å². The number of ether oxygens (including phenoxy) is 2. The van der Waals surface area contributed by atoms with Gasteiger partial charge < -0.3 is 9.47 Å². The van der Waals surface area contributed by atoms with Gasteiger partial charge in [0.05, 0.1) is 18.6 Å². The summed E-state index contributed by atoms with van der Waals surface area (Å²) in [5.74, 6) is 0.892.